The summed E-state index contributed by atoms with van der Waals surface area (Å²) in [4.78, 5) is 35.9. The third-order valence-corrected chi connectivity index (χ3v) is 7.18. The van der Waals surface area contributed by atoms with E-state index in [-0.39, 0.29) is 23.4 Å². The maximum Gasteiger partial charge on any atom is 0.324 e. The Kier molecular flexibility index (Phi) is 7.96. The molecule has 0 radical (unpaired) electrons. The highest BCUT2D eigenvalue weighted by atomic mass is 19.1. The van der Waals surface area contributed by atoms with Crippen LogP contribution in [0.25, 0.3) is 27.8 Å². The minimum atomic E-state index is -0.958. The van der Waals surface area contributed by atoms with E-state index in [1.807, 2.05) is 20.8 Å². The molecule has 4 N–H and O–H groups in total. The highest BCUT2D eigenvalue weighted by molar-refractivity contribution is 6.00. The fourth-order valence-electron chi connectivity index (χ4n) is 4.72. The van der Waals surface area contributed by atoms with Crippen LogP contribution in [0.1, 0.15) is 40.3 Å². The standard InChI is InChI=1S/C32H35FN8O3/c1-31(2,3)25-16-26(41(39-25)23-12-10-21(33)11-13-23)37-30(44)36-22-9-7-8-19(14-22)24-15-20-17-35-29(34-6)38-27(20)40(28(24)43)32(4,5)18-42/h7-17,42H,18H2,1-6H3,(H,34,35,38)(H2,36,37,44). The Morgan fingerprint density at radius 1 is 1.00 bits per heavy atom. The van der Waals surface area contributed by atoms with E-state index in [9.17, 15) is 19.1 Å². The molecule has 228 valence electrons. The summed E-state index contributed by atoms with van der Waals surface area (Å²) < 4.78 is 16.6. The Balaban J connectivity index is 1.49. The van der Waals surface area contributed by atoms with E-state index >= 15 is 0 Å². The second-order valence-corrected chi connectivity index (χ2v) is 12.1. The van der Waals surface area contributed by atoms with Gasteiger partial charge in [-0.25, -0.2) is 18.9 Å². The van der Waals surface area contributed by atoms with Crippen molar-refractivity contribution >= 4 is 34.5 Å². The molecule has 0 unspecified atom stereocenters. The molecule has 2 amide bonds. The van der Waals surface area contributed by atoms with Crippen LogP contribution in [-0.2, 0) is 11.0 Å². The lowest BCUT2D eigenvalue weighted by Crippen LogP contribution is -2.40. The van der Waals surface area contributed by atoms with Gasteiger partial charge in [0.1, 0.15) is 17.3 Å². The Morgan fingerprint density at radius 3 is 2.39 bits per heavy atom. The number of carbonyl (C=O) groups excluding carboxylic acids is 1. The number of anilines is 3. The van der Waals surface area contributed by atoms with E-state index in [1.54, 1.807) is 80.3 Å². The third kappa shape index (κ3) is 6.02. The highest BCUT2D eigenvalue weighted by Gasteiger charge is 2.26. The van der Waals surface area contributed by atoms with Crippen molar-refractivity contribution in [3.8, 4) is 16.8 Å². The first-order valence-corrected chi connectivity index (χ1v) is 14.1. The van der Waals surface area contributed by atoms with Crippen LogP contribution in [0.3, 0.4) is 0 Å². The molecule has 3 heterocycles. The van der Waals surface area contributed by atoms with E-state index < -0.39 is 11.6 Å². The van der Waals surface area contributed by atoms with Gasteiger partial charge in [-0.1, -0.05) is 32.9 Å². The normalized spacial score (nSPS) is 11.9. The zero-order chi connectivity index (χ0) is 31.8. The van der Waals surface area contributed by atoms with Crippen molar-refractivity contribution in [3.05, 3.63) is 88.7 Å². The zero-order valence-electron chi connectivity index (χ0n) is 25.4. The van der Waals surface area contributed by atoms with Gasteiger partial charge in [0.25, 0.3) is 5.56 Å². The molecule has 0 atom stereocenters. The molecule has 0 aliphatic rings. The molecule has 11 nitrogen and oxygen atoms in total. The number of hydrogen-bond donors (Lipinski definition) is 4. The first kappa shape index (κ1) is 30.4. The number of carbonyl (C=O) groups is 1. The zero-order valence-corrected chi connectivity index (χ0v) is 25.4. The first-order valence-electron chi connectivity index (χ1n) is 14.1. The Labute approximate surface area is 253 Å². The molecule has 5 rings (SSSR count). The van der Waals surface area contributed by atoms with E-state index in [2.05, 4.69) is 31.0 Å². The smallest absolute Gasteiger partial charge is 0.324 e. The number of hydrogen-bond acceptors (Lipinski definition) is 7. The van der Waals surface area contributed by atoms with Crippen molar-refractivity contribution in [3.63, 3.8) is 0 Å². The number of urea groups is 1. The van der Waals surface area contributed by atoms with Crippen LogP contribution in [-0.4, -0.2) is 49.1 Å². The molecular formula is C32H35FN8O3. The van der Waals surface area contributed by atoms with Crippen molar-refractivity contribution in [2.45, 2.75) is 45.6 Å². The Bertz CT molecular complexity index is 1910. The number of pyridine rings is 1. The van der Waals surface area contributed by atoms with Gasteiger partial charge in [0.15, 0.2) is 0 Å². The minimum Gasteiger partial charge on any atom is -0.394 e. The molecule has 0 saturated heterocycles. The maximum absolute atomic E-state index is 13.9. The summed E-state index contributed by atoms with van der Waals surface area (Å²) in [5.41, 5.74) is 1.46. The van der Waals surface area contributed by atoms with Crippen LogP contribution >= 0.6 is 0 Å². The number of halogens is 1. The molecule has 44 heavy (non-hydrogen) atoms. The summed E-state index contributed by atoms with van der Waals surface area (Å²) in [5.74, 6) is 0.372. The number of amides is 2. The highest BCUT2D eigenvalue weighted by Crippen LogP contribution is 2.28. The topological polar surface area (TPSA) is 139 Å². The molecule has 0 spiro atoms. The van der Waals surface area contributed by atoms with Gasteiger partial charge in [0, 0.05) is 41.4 Å². The van der Waals surface area contributed by atoms with Crippen LogP contribution in [0, 0.1) is 5.82 Å². The van der Waals surface area contributed by atoms with Crippen LogP contribution < -0.4 is 21.5 Å². The van der Waals surface area contributed by atoms with E-state index in [0.29, 0.717) is 45.3 Å². The summed E-state index contributed by atoms with van der Waals surface area (Å²) >= 11 is 0. The average Bonchev–Trinajstić information content (AvgIpc) is 3.41. The lowest BCUT2D eigenvalue weighted by molar-refractivity contribution is 0.164. The number of aromatic nitrogens is 5. The second-order valence-electron chi connectivity index (χ2n) is 12.1. The van der Waals surface area contributed by atoms with Crippen LogP contribution in [0.15, 0.2) is 71.7 Å². The third-order valence-electron chi connectivity index (χ3n) is 7.18. The number of nitrogens with one attached hydrogen (secondary N) is 3. The monoisotopic (exact) mass is 598 g/mol. The number of aliphatic hydroxyl groups is 1. The summed E-state index contributed by atoms with van der Waals surface area (Å²) in [6.07, 6.45) is 1.62. The molecule has 5 aromatic rings. The van der Waals surface area contributed by atoms with Crippen LogP contribution in [0.4, 0.5) is 26.6 Å². The predicted molar refractivity (Wildman–Crippen MR) is 170 cm³/mol. The molecule has 3 aromatic heterocycles. The quantitative estimate of drug-likeness (QED) is 0.194. The molecule has 0 aliphatic carbocycles. The van der Waals surface area contributed by atoms with Crippen molar-refractivity contribution < 1.29 is 14.3 Å². The number of rotatable bonds is 7. The second kappa shape index (κ2) is 11.5. The maximum atomic E-state index is 13.9. The van der Waals surface area contributed by atoms with Gasteiger partial charge in [-0.2, -0.15) is 10.1 Å². The van der Waals surface area contributed by atoms with Crippen molar-refractivity contribution in [1.82, 2.24) is 24.3 Å². The lowest BCUT2D eigenvalue weighted by atomic mass is 9.92. The summed E-state index contributed by atoms with van der Waals surface area (Å²) in [7, 11) is 1.68. The van der Waals surface area contributed by atoms with E-state index in [0.717, 1.165) is 5.69 Å². The molecule has 12 heteroatoms. The number of aliphatic hydroxyl groups excluding tert-OH is 1. The van der Waals surface area contributed by atoms with E-state index in [1.165, 1.54) is 16.7 Å². The molecule has 0 aliphatic heterocycles. The largest absolute Gasteiger partial charge is 0.394 e. The van der Waals surface area contributed by atoms with Crippen molar-refractivity contribution in [2.75, 3.05) is 29.6 Å². The van der Waals surface area contributed by atoms with Gasteiger partial charge in [-0.05, 0) is 61.9 Å². The number of fused-ring (bicyclic) bond motifs is 1. The SMILES string of the molecule is CNc1ncc2cc(-c3cccc(NC(=O)Nc4cc(C(C)(C)C)nn4-c4ccc(F)cc4)c3)c(=O)n(C(C)(C)CO)c2n1. The van der Waals surface area contributed by atoms with Gasteiger partial charge in [-0.3, -0.25) is 14.7 Å². The Morgan fingerprint density at radius 2 is 1.73 bits per heavy atom. The van der Waals surface area contributed by atoms with Gasteiger partial charge >= 0.3 is 6.03 Å². The number of benzene rings is 2. The van der Waals surface area contributed by atoms with Crippen LogP contribution in [0.5, 0.6) is 0 Å². The number of nitrogens with zero attached hydrogens (tertiary/aromatic N) is 5. The molecule has 0 fully saturated rings. The van der Waals surface area contributed by atoms with E-state index in [4.69, 9.17) is 0 Å². The van der Waals surface area contributed by atoms with Crippen molar-refractivity contribution in [1.29, 1.82) is 0 Å². The summed E-state index contributed by atoms with van der Waals surface area (Å²) in [6, 6.07) is 15.7. The van der Waals surface area contributed by atoms with Gasteiger partial charge in [0.05, 0.1) is 23.5 Å². The minimum absolute atomic E-state index is 0.294. The summed E-state index contributed by atoms with van der Waals surface area (Å²) in [5, 5.41) is 24.0. The lowest BCUT2D eigenvalue weighted by Gasteiger charge is -2.27. The van der Waals surface area contributed by atoms with Crippen LogP contribution in [0.2, 0.25) is 0 Å². The van der Waals surface area contributed by atoms with Crippen molar-refractivity contribution in [2.24, 2.45) is 0 Å². The fraction of sp³-hybridized carbons (Fsp3) is 0.281. The van der Waals surface area contributed by atoms with Gasteiger partial charge < -0.3 is 15.7 Å². The Hall–Kier alpha value is -5.10. The van der Waals surface area contributed by atoms with Gasteiger partial charge in [-0.15, -0.1) is 0 Å². The molecule has 0 bridgehead atoms. The summed E-state index contributed by atoms with van der Waals surface area (Å²) in [6.45, 7) is 9.23. The first-order chi connectivity index (χ1) is 20.8. The molecule has 2 aromatic carbocycles. The predicted octanol–water partition coefficient (Wildman–Crippen LogP) is 5.49. The fourth-order valence-corrected chi connectivity index (χ4v) is 4.72. The van der Waals surface area contributed by atoms with Gasteiger partial charge in [0.2, 0.25) is 5.95 Å². The molecular weight excluding hydrogens is 563 g/mol. The average molecular weight is 599 g/mol. The molecule has 0 saturated carbocycles.